The van der Waals surface area contributed by atoms with Crippen LogP contribution in [-0.2, 0) is 0 Å². The lowest BCUT2D eigenvalue weighted by molar-refractivity contribution is 1.08. The van der Waals surface area contributed by atoms with Gasteiger partial charge in [-0.3, -0.25) is 4.79 Å². The molecule has 2 aromatic carbocycles. The Kier molecular flexibility index (Phi) is 3.28. The van der Waals surface area contributed by atoms with Crippen molar-refractivity contribution < 1.29 is 0 Å². The van der Waals surface area contributed by atoms with Gasteiger partial charge in [0.15, 0.2) is 10.6 Å². The van der Waals surface area contributed by atoms with Gasteiger partial charge in [0.05, 0.1) is 21.9 Å². The van der Waals surface area contributed by atoms with Crippen LogP contribution in [0.2, 0.25) is 5.02 Å². The summed E-state index contributed by atoms with van der Waals surface area (Å²) < 4.78 is 0. The van der Waals surface area contributed by atoms with Gasteiger partial charge >= 0.3 is 0 Å². The molecular weight excluding hydrogens is 332 g/mol. The number of halogens is 1. The molecule has 0 aliphatic rings. The summed E-state index contributed by atoms with van der Waals surface area (Å²) in [7, 11) is 0. The molecule has 0 radical (unpaired) electrons. The van der Waals surface area contributed by atoms with Crippen molar-refractivity contribution in [1.29, 1.82) is 0 Å². The first-order valence-corrected chi connectivity index (χ1v) is 8.04. The normalized spacial score (nSPS) is 11.3. The molecular formula is C16H11ClN4OS. The Morgan fingerprint density at radius 3 is 2.91 bits per heavy atom. The van der Waals surface area contributed by atoms with Gasteiger partial charge < -0.3 is 15.7 Å². The van der Waals surface area contributed by atoms with Crippen LogP contribution in [0.25, 0.3) is 21.9 Å². The maximum absolute atomic E-state index is 12.0. The number of nitrogens with zero attached hydrogens (tertiary/aromatic N) is 1. The second-order valence-corrected chi connectivity index (χ2v) is 6.52. The molecule has 0 spiro atoms. The number of fused-ring (bicyclic) bond motifs is 2. The van der Waals surface area contributed by atoms with E-state index in [4.69, 9.17) is 17.3 Å². The van der Waals surface area contributed by atoms with Gasteiger partial charge in [-0.05, 0) is 42.1 Å². The average Bonchev–Trinajstić information content (AvgIpc) is 2.91. The molecule has 0 atom stereocenters. The number of rotatable bonds is 2. The Labute approximate surface area is 139 Å². The first-order valence-electron chi connectivity index (χ1n) is 6.85. The Bertz CT molecular complexity index is 1100. The molecule has 0 amide bonds. The highest BCUT2D eigenvalue weighted by Crippen LogP contribution is 2.33. The number of hydrogen-bond acceptors (Lipinski definition) is 4. The second-order valence-electron chi connectivity index (χ2n) is 5.05. The fourth-order valence-electron chi connectivity index (χ4n) is 2.49. The lowest BCUT2D eigenvalue weighted by atomic mass is 10.2. The molecule has 2 heterocycles. The Morgan fingerprint density at radius 1 is 1.17 bits per heavy atom. The molecule has 5 nitrogen and oxygen atoms in total. The molecule has 0 unspecified atom stereocenters. The Morgan fingerprint density at radius 2 is 2.04 bits per heavy atom. The van der Waals surface area contributed by atoms with E-state index in [2.05, 4.69) is 15.0 Å². The minimum atomic E-state index is -0.102. The van der Waals surface area contributed by atoms with Crippen molar-refractivity contribution in [2.24, 2.45) is 0 Å². The maximum Gasteiger partial charge on any atom is 0.191 e. The highest BCUT2D eigenvalue weighted by molar-refractivity contribution is 7.99. The molecule has 4 rings (SSSR count). The van der Waals surface area contributed by atoms with Crippen molar-refractivity contribution in [3.63, 3.8) is 0 Å². The van der Waals surface area contributed by atoms with Crippen LogP contribution in [-0.4, -0.2) is 15.0 Å². The van der Waals surface area contributed by atoms with E-state index in [1.165, 1.54) is 17.8 Å². The lowest BCUT2D eigenvalue weighted by Crippen LogP contribution is -2.04. The van der Waals surface area contributed by atoms with Crippen LogP contribution in [0, 0.1) is 0 Å². The van der Waals surface area contributed by atoms with E-state index < -0.39 is 0 Å². The van der Waals surface area contributed by atoms with Gasteiger partial charge in [0.1, 0.15) is 0 Å². The number of aromatic amines is 2. The summed E-state index contributed by atoms with van der Waals surface area (Å²) in [6.45, 7) is 0. The van der Waals surface area contributed by atoms with Crippen LogP contribution >= 0.6 is 23.4 Å². The third-order valence-electron chi connectivity index (χ3n) is 3.54. The van der Waals surface area contributed by atoms with Gasteiger partial charge in [-0.2, -0.15) is 0 Å². The number of H-pyrrole nitrogens is 2. The fourth-order valence-corrected chi connectivity index (χ4v) is 3.57. The van der Waals surface area contributed by atoms with Crippen LogP contribution < -0.4 is 11.2 Å². The zero-order valence-electron chi connectivity index (χ0n) is 11.8. The van der Waals surface area contributed by atoms with Gasteiger partial charge in [0.25, 0.3) is 0 Å². The molecule has 0 fully saturated rings. The largest absolute Gasteiger partial charge is 0.398 e. The number of hydrogen-bond donors (Lipinski definition) is 3. The predicted octanol–water partition coefficient (Wildman–Crippen LogP) is 3.79. The summed E-state index contributed by atoms with van der Waals surface area (Å²) in [4.78, 5) is 23.8. The minimum Gasteiger partial charge on any atom is -0.398 e. The maximum atomic E-state index is 12.0. The monoisotopic (exact) mass is 342 g/mol. The molecule has 7 heteroatoms. The molecule has 4 aromatic rings. The standard InChI is InChI=1S/C16H11ClN4OS/c17-8-1-3-10-11(7-8)21-16(20-10)23-13-4-2-9(18)14-12(22)5-6-19-15(13)14/h1-7H,18H2,(H,19,22)(H,20,21). The summed E-state index contributed by atoms with van der Waals surface area (Å²) in [6.07, 6.45) is 1.62. The van der Waals surface area contributed by atoms with Gasteiger partial charge in [-0.25, -0.2) is 4.98 Å². The van der Waals surface area contributed by atoms with Crippen molar-refractivity contribution in [2.45, 2.75) is 10.1 Å². The van der Waals surface area contributed by atoms with Crippen molar-refractivity contribution in [1.82, 2.24) is 15.0 Å². The summed E-state index contributed by atoms with van der Waals surface area (Å²) in [6, 6.07) is 10.6. The summed E-state index contributed by atoms with van der Waals surface area (Å²) in [5, 5.41) is 1.87. The molecule has 0 aliphatic heterocycles. The number of nitrogens with one attached hydrogen (secondary N) is 2. The van der Waals surface area contributed by atoms with E-state index >= 15 is 0 Å². The van der Waals surface area contributed by atoms with Gasteiger partial charge in [-0.15, -0.1) is 0 Å². The second kappa shape index (κ2) is 5.33. The van der Waals surface area contributed by atoms with Gasteiger partial charge in [-0.1, -0.05) is 11.6 Å². The molecule has 0 bridgehead atoms. The number of nitrogen functional groups attached to an aromatic ring is 1. The van der Waals surface area contributed by atoms with Crippen LogP contribution in [0.4, 0.5) is 5.69 Å². The number of aromatic nitrogens is 3. The van der Waals surface area contributed by atoms with Crippen molar-refractivity contribution in [2.75, 3.05) is 5.73 Å². The van der Waals surface area contributed by atoms with Gasteiger partial charge in [0, 0.05) is 27.9 Å². The molecule has 114 valence electrons. The zero-order valence-corrected chi connectivity index (χ0v) is 13.3. The van der Waals surface area contributed by atoms with E-state index in [-0.39, 0.29) is 5.43 Å². The highest BCUT2D eigenvalue weighted by atomic mass is 35.5. The van der Waals surface area contributed by atoms with Crippen molar-refractivity contribution in [3.05, 3.63) is 57.8 Å². The Balaban J connectivity index is 1.84. The van der Waals surface area contributed by atoms with E-state index in [1.807, 2.05) is 18.2 Å². The van der Waals surface area contributed by atoms with E-state index in [0.717, 1.165) is 21.1 Å². The van der Waals surface area contributed by atoms with Crippen molar-refractivity contribution >= 4 is 51.0 Å². The number of pyridine rings is 1. The topological polar surface area (TPSA) is 87.6 Å². The predicted molar refractivity (Wildman–Crippen MR) is 94.2 cm³/mol. The first kappa shape index (κ1) is 14.2. The third-order valence-corrected chi connectivity index (χ3v) is 4.72. The SMILES string of the molecule is Nc1ccc(Sc2nc3ccc(Cl)cc3[nH]2)c2[nH]ccc(=O)c12. The minimum absolute atomic E-state index is 0.102. The summed E-state index contributed by atoms with van der Waals surface area (Å²) in [5.41, 5.74) is 8.70. The van der Waals surface area contributed by atoms with Crippen LogP contribution in [0.5, 0.6) is 0 Å². The lowest BCUT2D eigenvalue weighted by Gasteiger charge is -2.06. The van der Waals surface area contributed by atoms with Crippen LogP contribution in [0.15, 0.2) is 57.4 Å². The molecule has 0 saturated heterocycles. The van der Waals surface area contributed by atoms with E-state index in [1.54, 1.807) is 18.3 Å². The number of imidazole rings is 1. The summed E-state index contributed by atoms with van der Waals surface area (Å²) in [5.74, 6) is 0. The fraction of sp³-hybridized carbons (Fsp3) is 0. The third kappa shape index (κ3) is 2.46. The Hall–Kier alpha value is -2.44. The average molecular weight is 343 g/mol. The number of anilines is 1. The molecule has 0 aliphatic carbocycles. The first-order chi connectivity index (χ1) is 11.1. The number of benzene rings is 2. The number of nitrogens with two attached hydrogens (primary N) is 1. The van der Waals surface area contributed by atoms with Crippen molar-refractivity contribution in [3.8, 4) is 0 Å². The highest BCUT2D eigenvalue weighted by Gasteiger charge is 2.11. The quantitative estimate of drug-likeness (QED) is 0.484. The molecule has 0 saturated carbocycles. The van der Waals surface area contributed by atoms with Gasteiger partial charge in [0.2, 0.25) is 0 Å². The van der Waals surface area contributed by atoms with E-state index in [9.17, 15) is 4.79 Å². The smallest absolute Gasteiger partial charge is 0.191 e. The van der Waals surface area contributed by atoms with Crippen LogP contribution in [0.1, 0.15) is 0 Å². The molecule has 2 aromatic heterocycles. The zero-order chi connectivity index (χ0) is 16.0. The molecule has 23 heavy (non-hydrogen) atoms. The summed E-state index contributed by atoms with van der Waals surface area (Å²) >= 11 is 7.42. The van der Waals surface area contributed by atoms with E-state index in [0.29, 0.717) is 21.6 Å². The molecule has 4 N–H and O–H groups in total. The van der Waals surface area contributed by atoms with Crippen LogP contribution in [0.3, 0.4) is 0 Å².